The van der Waals surface area contributed by atoms with Crippen molar-refractivity contribution in [3.63, 3.8) is 0 Å². The monoisotopic (exact) mass is 348 g/mol. The van der Waals surface area contributed by atoms with Crippen LogP contribution in [0.25, 0.3) is 0 Å². The summed E-state index contributed by atoms with van der Waals surface area (Å²) in [5.74, 6) is 0.784. The predicted molar refractivity (Wildman–Crippen MR) is 64.6 cm³/mol. The van der Waals surface area contributed by atoms with Gasteiger partial charge in [0.25, 0.3) is 0 Å². The van der Waals surface area contributed by atoms with E-state index < -0.39 is 10.2 Å². The Morgan fingerprint density at radius 3 is 2.56 bits per heavy atom. The van der Waals surface area contributed by atoms with Gasteiger partial charge in [0.05, 0.1) is 0 Å². The van der Waals surface area contributed by atoms with E-state index in [1.165, 1.54) is 40.3 Å². The van der Waals surface area contributed by atoms with Gasteiger partial charge in [-0.1, -0.05) is 22.6 Å². The number of rotatable bonds is 4. The van der Waals surface area contributed by atoms with Crippen molar-refractivity contribution in [1.82, 2.24) is 10.2 Å². The molecule has 0 amide bonds. The normalized spacial score (nSPS) is 29.6. The average Bonchev–Trinajstić information content (AvgIpc) is 2.91. The molecule has 2 atom stereocenters. The number of hydrogen-bond donors (Lipinski definition) is 1. The molecule has 2 nitrogen and oxygen atoms in total. The third-order valence-corrected chi connectivity index (χ3v) is 4.70. The summed E-state index contributed by atoms with van der Waals surface area (Å²) >= 11 is 1.49. The number of likely N-dealkylation sites (tertiary alicyclic amines) is 1. The second-order valence-electron chi connectivity index (χ2n) is 4.71. The van der Waals surface area contributed by atoms with Crippen molar-refractivity contribution in [2.75, 3.05) is 19.6 Å². The SMILES string of the molecule is FC(F)(F)C(I)N1CCC(NCC2CC2)C1. The van der Waals surface area contributed by atoms with Crippen LogP contribution in [0.15, 0.2) is 0 Å². The molecule has 2 rings (SSSR count). The van der Waals surface area contributed by atoms with E-state index in [4.69, 9.17) is 0 Å². The highest BCUT2D eigenvalue weighted by Crippen LogP contribution is 2.32. The first kappa shape index (κ1) is 12.9. The Labute approximate surface area is 107 Å². The second-order valence-corrected chi connectivity index (χ2v) is 5.89. The maximum Gasteiger partial charge on any atom is 0.413 e. The molecule has 2 fully saturated rings. The van der Waals surface area contributed by atoms with E-state index in [0.717, 1.165) is 18.9 Å². The predicted octanol–water partition coefficient (Wildman–Crippen LogP) is 2.38. The molecule has 0 aromatic rings. The van der Waals surface area contributed by atoms with Crippen molar-refractivity contribution in [3.05, 3.63) is 0 Å². The number of alkyl halides is 4. The fourth-order valence-electron chi connectivity index (χ4n) is 2.02. The fourth-order valence-corrected chi connectivity index (χ4v) is 2.53. The summed E-state index contributed by atoms with van der Waals surface area (Å²) in [6.45, 7) is 2.06. The molecule has 1 N–H and O–H groups in total. The standard InChI is InChI=1S/C10H16F3IN2/c11-10(12,13)9(14)16-4-3-8(6-16)15-5-7-1-2-7/h7-9,15H,1-6H2. The van der Waals surface area contributed by atoms with Crippen LogP contribution in [0.4, 0.5) is 13.2 Å². The first-order valence-corrected chi connectivity index (χ1v) is 6.89. The van der Waals surface area contributed by atoms with Gasteiger partial charge in [-0.2, -0.15) is 13.2 Å². The van der Waals surface area contributed by atoms with Gasteiger partial charge in [0, 0.05) is 19.1 Å². The molecular weight excluding hydrogens is 332 g/mol. The molecular formula is C10H16F3IN2. The lowest BCUT2D eigenvalue weighted by Crippen LogP contribution is -2.42. The van der Waals surface area contributed by atoms with Gasteiger partial charge in [0.2, 0.25) is 0 Å². The molecule has 1 aliphatic carbocycles. The van der Waals surface area contributed by atoms with Gasteiger partial charge in [-0.15, -0.1) is 0 Å². The zero-order valence-corrected chi connectivity index (χ0v) is 11.1. The van der Waals surface area contributed by atoms with Crippen molar-refractivity contribution in [3.8, 4) is 0 Å². The van der Waals surface area contributed by atoms with Crippen LogP contribution < -0.4 is 5.32 Å². The maximum atomic E-state index is 12.5. The van der Waals surface area contributed by atoms with E-state index in [0.29, 0.717) is 13.1 Å². The molecule has 0 bridgehead atoms. The summed E-state index contributed by atoms with van der Waals surface area (Å²) in [5.41, 5.74) is 0. The van der Waals surface area contributed by atoms with Crippen LogP contribution in [0.3, 0.4) is 0 Å². The van der Waals surface area contributed by atoms with Gasteiger partial charge < -0.3 is 5.32 Å². The highest BCUT2D eigenvalue weighted by molar-refractivity contribution is 14.1. The molecule has 94 valence electrons. The molecule has 0 radical (unpaired) electrons. The lowest BCUT2D eigenvalue weighted by molar-refractivity contribution is -0.150. The molecule has 0 aromatic carbocycles. The van der Waals surface area contributed by atoms with Crippen molar-refractivity contribution in [1.29, 1.82) is 0 Å². The number of hydrogen-bond acceptors (Lipinski definition) is 2. The molecule has 0 aromatic heterocycles. The van der Waals surface area contributed by atoms with Gasteiger partial charge in [-0.05, 0) is 31.7 Å². The van der Waals surface area contributed by atoms with Crippen molar-refractivity contribution in [2.24, 2.45) is 5.92 Å². The van der Waals surface area contributed by atoms with E-state index in [1.54, 1.807) is 0 Å². The average molecular weight is 348 g/mol. The second kappa shape index (κ2) is 4.97. The van der Waals surface area contributed by atoms with E-state index in [2.05, 4.69) is 5.32 Å². The number of nitrogens with zero attached hydrogens (tertiary/aromatic N) is 1. The summed E-state index contributed by atoms with van der Waals surface area (Å²) in [5, 5.41) is 3.37. The van der Waals surface area contributed by atoms with E-state index >= 15 is 0 Å². The Bertz CT molecular complexity index is 243. The van der Waals surface area contributed by atoms with Gasteiger partial charge >= 0.3 is 6.18 Å². The molecule has 16 heavy (non-hydrogen) atoms. The number of nitrogens with one attached hydrogen (secondary N) is 1. The summed E-state index contributed by atoms with van der Waals surface area (Å²) in [7, 11) is 0. The maximum absolute atomic E-state index is 12.5. The smallest absolute Gasteiger partial charge is 0.312 e. The third kappa shape index (κ3) is 3.46. The molecule has 1 heterocycles. The van der Waals surface area contributed by atoms with Gasteiger partial charge in [0.15, 0.2) is 4.05 Å². The largest absolute Gasteiger partial charge is 0.413 e. The molecule has 1 saturated carbocycles. The van der Waals surface area contributed by atoms with Crippen LogP contribution in [0.1, 0.15) is 19.3 Å². The Kier molecular flexibility index (Phi) is 4.01. The van der Waals surface area contributed by atoms with Gasteiger partial charge in [0.1, 0.15) is 0 Å². The van der Waals surface area contributed by atoms with Crippen LogP contribution in [0.2, 0.25) is 0 Å². The first-order valence-electron chi connectivity index (χ1n) is 5.65. The highest BCUT2D eigenvalue weighted by atomic mass is 127. The van der Waals surface area contributed by atoms with Crippen molar-refractivity contribution < 1.29 is 13.2 Å². The summed E-state index contributed by atoms with van der Waals surface area (Å²) in [6, 6.07) is 0.250. The lowest BCUT2D eigenvalue weighted by atomic mass is 10.2. The first-order chi connectivity index (χ1) is 7.47. The van der Waals surface area contributed by atoms with E-state index in [9.17, 15) is 13.2 Å². The molecule has 2 unspecified atom stereocenters. The van der Waals surface area contributed by atoms with E-state index in [1.807, 2.05) is 0 Å². The molecule has 1 saturated heterocycles. The topological polar surface area (TPSA) is 15.3 Å². The fraction of sp³-hybridized carbons (Fsp3) is 1.00. The quantitative estimate of drug-likeness (QED) is 0.477. The van der Waals surface area contributed by atoms with Gasteiger partial charge in [-0.3, -0.25) is 4.90 Å². The summed E-state index contributed by atoms with van der Waals surface area (Å²) in [6.07, 6.45) is -0.712. The third-order valence-electron chi connectivity index (χ3n) is 3.20. The zero-order chi connectivity index (χ0) is 11.8. The summed E-state index contributed by atoms with van der Waals surface area (Å²) in [4.78, 5) is 1.52. The van der Waals surface area contributed by atoms with Gasteiger partial charge in [-0.25, -0.2) is 0 Å². The lowest BCUT2D eigenvalue weighted by Gasteiger charge is -2.24. The van der Waals surface area contributed by atoms with Crippen LogP contribution in [-0.4, -0.2) is 40.8 Å². The molecule has 6 heteroatoms. The molecule has 2 aliphatic rings. The van der Waals surface area contributed by atoms with Crippen LogP contribution >= 0.6 is 22.6 Å². The van der Waals surface area contributed by atoms with Crippen LogP contribution in [0.5, 0.6) is 0 Å². The Morgan fingerprint density at radius 1 is 1.31 bits per heavy atom. The minimum atomic E-state index is -4.11. The molecule has 0 spiro atoms. The highest BCUT2D eigenvalue weighted by Gasteiger charge is 2.43. The minimum absolute atomic E-state index is 0.250. The Balaban J connectivity index is 1.73. The van der Waals surface area contributed by atoms with Crippen molar-refractivity contribution >= 4 is 22.6 Å². The van der Waals surface area contributed by atoms with Crippen LogP contribution in [-0.2, 0) is 0 Å². The van der Waals surface area contributed by atoms with E-state index in [-0.39, 0.29) is 6.04 Å². The van der Waals surface area contributed by atoms with Crippen molar-refractivity contribution in [2.45, 2.75) is 35.5 Å². The minimum Gasteiger partial charge on any atom is -0.312 e. The Morgan fingerprint density at radius 2 is 2.00 bits per heavy atom. The Hall–Kier alpha value is 0.440. The summed E-state index contributed by atoms with van der Waals surface area (Å²) < 4.78 is 36.1. The zero-order valence-electron chi connectivity index (χ0n) is 8.93. The number of halogens is 4. The van der Waals surface area contributed by atoms with Crippen LogP contribution in [0, 0.1) is 5.92 Å². The molecule has 1 aliphatic heterocycles.